The predicted molar refractivity (Wildman–Crippen MR) is 86.0 cm³/mol. The molecule has 26 heavy (non-hydrogen) atoms. The quantitative estimate of drug-likeness (QED) is 0.724. The third-order valence-electron chi connectivity index (χ3n) is 4.33. The Morgan fingerprint density at radius 3 is 2.73 bits per heavy atom. The van der Waals surface area contributed by atoms with Gasteiger partial charge < -0.3 is 18.9 Å². The van der Waals surface area contributed by atoms with Crippen LogP contribution in [0.5, 0.6) is 0 Å². The molecule has 2 aliphatic heterocycles. The van der Waals surface area contributed by atoms with Crippen molar-refractivity contribution in [1.82, 2.24) is 19.9 Å². The van der Waals surface area contributed by atoms with Crippen LogP contribution < -0.4 is 0 Å². The first-order valence-corrected chi connectivity index (χ1v) is 8.56. The number of cyclic esters (lactones) is 1. The molecule has 0 N–H and O–H groups in total. The minimum atomic E-state index is -1.24. The van der Waals surface area contributed by atoms with Gasteiger partial charge in [-0.2, -0.15) is 4.98 Å². The van der Waals surface area contributed by atoms with Gasteiger partial charge in [0, 0.05) is 25.9 Å². The molecule has 2 aliphatic rings. The van der Waals surface area contributed by atoms with Gasteiger partial charge in [-0.3, -0.25) is 9.59 Å². The number of amides is 3. The molecule has 0 saturated carbocycles. The molecule has 3 rings (SSSR count). The largest absolute Gasteiger partial charge is 0.433 e. The highest BCUT2D eigenvalue weighted by Crippen LogP contribution is 2.23. The highest BCUT2D eigenvalue weighted by molar-refractivity contribution is 6.04. The normalized spacial score (nSPS) is 22.7. The third-order valence-corrected chi connectivity index (χ3v) is 4.33. The Kier molecular flexibility index (Phi) is 4.94. The van der Waals surface area contributed by atoms with Crippen molar-refractivity contribution >= 4 is 17.9 Å². The van der Waals surface area contributed by atoms with E-state index in [1.807, 2.05) is 6.92 Å². The van der Waals surface area contributed by atoms with Crippen LogP contribution in [0.2, 0.25) is 0 Å². The molecule has 0 spiro atoms. The molecule has 1 unspecified atom stereocenters. The first kappa shape index (κ1) is 18.3. The Labute approximate surface area is 150 Å². The number of hydrogen-bond donors (Lipinski definition) is 0. The molecule has 2 fully saturated rings. The first-order chi connectivity index (χ1) is 12.3. The standard InChI is InChI=1S/C16H22N4O6/c1-4-12-17-11(18-26-12)7-10-8-19(5-6-24-10)13(21)9-20-14(22)16(2,3)25-15(20)23/h10H,4-9H2,1-3H3. The molecule has 1 aromatic rings. The van der Waals surface area contributed by atoms with E-state index in [-0.39, 0.29) is 18.6 Å². The maximum Gasteiger partial charge on any atom is 0.418 e. The van der Waals surface area contributed by atoms with E-state index in [1.54, 1.807) is 4.90 Å². The number of aryl methyl sites for hydroxylation is 1. The van der Waals surface area contributed by atoms with Gasteiger partial charge in [0.15, 0.2) is 11.4 Å². The number of rotatable bonds is 5. The molecule has 0 aromatic carbocycles. The zero-order valence-electron chi connectivity index (χ0n) is 15.1. The second-order valence-corrected chi connectivity index (χ2v) is 6.76. The topological polar surface area (TPSA) is 115 Å². The van der Waals surface area contributed by atoms with Gasteiger partial charge in [-0.05, 0) is 13.8 Å². The summed E-state index contributed by atoms with van der Waals surface area (Å²) in [5, 5.41) is 3.89. The lowest BCUT2D eigenvalue weighted by molar-refractivity contribution is -0.144. The SMILES string of the molecule is CCc1nc(CC2CN(C(=O)CN3C(=O)OC(C)(C)C3=O)CCO2)no1. The van der Waals surface area contributed by atoms with Crippen LogP contribution in [0.15, 0.2) is 4.52 Å². The fourth-order valence-corrected chi connectivity index (χ4v) is 2.89. The van der Waals surface area contributed by atoms with Crippen molar-refractivity contribution in [3.05, 3.63) is 11.7 Å². The van der Waals surface area contributed by atoms with Crippen LogP contribution >= 0.6 is 0 Å². The summed E-state index contributed by atoms with van der Waals surface area (Å²) in [6, 6.07) is 0. The Morgan fingerprint density at radius 1 is 1.35 bits per heavy atom. The summed E-state index contributed by atoms with van der Waals surface area (Å²) in [5.74, 6) is 0.238. The molecular formula is C16H22N4O6. The Hall–Kier alpha value is -2.49. The molecule has 1 atom stereocenters. The van der Waals surface area contributed by atoms with Gasteiger partial charge in [-0.25, -0.2) is 9.69 Å². The summed E-state index contributed by atoms with van der Waals surface area (Å²) < 4.78 is 15.7. The number of carbonyl (C=O) groups is 3. The average molecular weight is 366 g/mol. The number of morpholine rings is 1. The summed E-state index contributed by atoms with van der Waals surface area (Å²) in [6.45, 7) is 5.66. The second-order valence-electron chi connectivity index (χ2n) is 6.76. The van der Waals surface area contributed by atoms with Crippen molar-refractivity contribution in [3.63, 3.8) is 0 Å². The number of nitrogens with zero attached hydrogens (tertiary/aromatic N) is 4. The molecule has 0 radical (unpaired) electrons. The van der Waals surface area contributed by atoms with Gasteiger partial charge in [-0.1, -0.05) is 12.1 Å². The zero-order chi connectivity index (χ0) is 18.9. The van der Waals surface area contributed by atoms with Crippen molar-refractivity contribution < 1.29 is 28.4 Å². The summed E-state index contributed by atoms with van der Waals surface area (Å²) in [6.07, 6.45) is 0.00879. The van der Waals surface area contributed by atoms with E-state index in [4.69, 9.17) is 14.0 Å². The number of hydrogen-bond acceptors (Lipinski definition) is 8. The van der Waals surface area contributed by atoms with Crippen LogP contribution in [0.25, 0.3) is 0 Å². The summed E-state index contributed by atoms with van der Waals surface area (Å²) >= 11 is 0. The van der Waals surface area contributed by atoms with Gasteiger partial charge in [0.25, 0.3) is 5.91 Å². The lowest BCUT2D eigenvalue weighted by atomic mass is 10.1. The smallest absolute Gasteiger partial charge is 0.418 e. The van der Waals surface area contributed by atoms with E-state index in [1.165, 1.54) is 13.8 Å². The second kappa shape index (κ2) is 7.02. The highest BCUT2D eigenvalue weighted by atomic mass is 16.6. The van der Waals surface area contributed by atoms with Gasteiger partial charge in [-0.15, -0.1) is 0 Å². The van der Waals surface area contributed by atoms with Crippen LogP contribution in [-0.4, -0.2) is 75.8 Å². The number of ether oxygens (including phenoxy) is 2. The Balaban J connectivity index is 1.58. The van der Waals surface area contributed by atoms with Gasteiger partial charge >= 0.3 is 6.09 Å². The molecule has 10 nitrogen and oxygen atoms in total. The number of imide groups is 1. The fraction of sp³-hybridized carbons (Fsp3) is 0.688. The molecule has 2 saturated heterocycles. The number of aromatic nitrogens is 2. The summed E-state index contributed by atoms with van der Waals surface area (Å²) in [4.78, 5) is 43.1. The van der Waals surface area contributed by atoms with E-state index in [2.05, 4.69) is 10.1 Å². The fourth-order valence-electron chi connectivity index (χ4n) is 2.89. The minimum absolute atomic E-state index is 0.271. The molecule has 0 aliphatic carbocycles. The molecular weight excluding hydrogens is 344 g/mol. The predicted octanol–water partition coefficient (Wildman–Crippen LogP) is 0.159. The first-order valence-electron chi connectivity index (χ1n) is 8.56. The van der Waals surface area contributed by atoms with Gasteiger partial charge in [0.2, 0.25) is 11.8 Å². The Bertz CT molecular complexity index is 715. The maximum absolute atomic E-state index is 12.5. The highest BCUT2D eigenvalue weighted by Gasteiger charge is 2.48. The van der Waals surface area contributed by atoms with Crippen LogP contribution in [0.1, 0.15) is 32.5 Å². The van der Waals surface area contributed by atoms with Gasteiger partial charge in [0.05, 0.1) is 12.7 Å². The molecule has 0 bridgehead atoms. The lowest BCUT2D eigenvalue weighted by Crippen LogP contribution is -2.50. The molecule has 1 aromatic heterocycles. The van der Waals surface area contributed by atoms with Crippen LogP contribution in [0.4, 0.5) is 4.79 Å². The average Bonchev–Trinajstić information content (AvgIpc) is 3.12. The van der Waals surface area contributed by atoms with Crippen LogP contribution in [0.3, 0.4) is 0 Å². The monoisotopic (exact) mass is 366 g/mol. The molecule has 3 amide bonds. The van der Waals surface area contributed by atoms with Crippen LogP contribution in [0, 0.1) is 0 Å². The van der Waals surface area contributed by atoms with Crippen molar-refractivity contribution in [2.75, 3.05) is 26.2 Å². The van der Waals surface area contributed by atoms with Crippen molar-refractivity contribution in [2.45, 2.75) is 45.3 Å². The van der Waals surface area contributed by atoms with E-state index in [0.717, 1.165) is 4.90 Å². The van der Waals surface area contributed by atoms with Crippen LogP contribution in [-0.2, 0) is 31.9 Å². The van der Waals surface area contributed by atoms with E-state index >= 15 is 0 Å². The maximum atomic E-state index is 12.5. The molecule has 10 heteroatoms. The van der Waals surface area contributed by atoms with Crippen molar-refractivity contribution in [3.8, 4) is 0 Å². The lowest BCUT2D eigenvalue weighted by Gasteiger charge is -2.33. The zero-order valence-corrected chi connectivity index (χ0v) is 15.1. The van der Waals surface area contributed by atoms with Crippen molar-refractivity contribution in [1.29, 1.82) is 0 Å². The minimum Gasteiger partial charge on any atom is -0.433 e. The molecule has 3 heterocycles. The third kappa shape index (κ3) is 3.69. The number of carbonyl (C=O) groups excluding carboxylic acids is 3. The Morgan fingerprint density at radius 2 is 2.12 bits per heavy atom. The van der Waals surface area contributed by atoms with Crippen molar-refractivity contribution in [2.24, 2.45) is 0 Å². The summed E-state index contributed by atoms with van der Waals surface area (Å²) in [5.41, 5.74) is -1.24. The van der Waals surface area contributed by atoms with E-state index < -0.39 is 17.6 Å². The van der Waals surface area contributed by atoms with Gasteiger partial charge in [0.1, 0.15) is 6.54 Å². The van der Waals surface area contributed by atoms with E-state index in [9.17, 15) is 14.4 Å². The molecule has 142 valence electrons. The summed E-state index contributed by atoms with van der Waals surface area (Å²) in [7, 11) is 0. The van der Waals surface area contributed by atoms with E-state index in [0.29, 0.717) is 44.3 Å².